The van der Waals surface area contributed by atoms with Crippen LogP contribution < -0.4 is 16.8 Å². The number of aromatic nitrogens is 1. The van der Waals surface area contributed by atoms with Crippen LogP contribution in [-0.4, -0.2) is 10.5 Å². The molecule has 2 aromatic rings. The third-order valence-electron chi connectivity index (χ3n) is 2.67. The molecule has 0 bridgehead atoms. The van der Waals surface area contributed by atoms with Gasteiger partial charge in [-0.3, -0.25) is 15.0 Å². The van der Waals surface area contributed by atoms with Crippen LogP contribution in [0.15, 0.2) is 51.9 Å². The number of rotatable bonds is 3. The van der Waals surface area contributed by atoms with E-state index in [0.717, 1.165) is 5.56 Å². The van der Waals surface area contributed by atoms with Gasteiger partial charge in [-0.1, -0.05) is 12.1 Å². The maximum atomic E-state index is 11.8. The first-order chi connectivity index (χ1) is 9.11. The number of hydrogen-bond acceptors (Lipinski definition) is 3. The molecule has 1 aromatic carbocycles. The van der Waals surface area contributed by atoms with Gasteiger partial charge in [0.05, 0.1) is 11.0 Å². The normalized spacial score (nSPS) is 10.2. The molecule has 5 nitrogen and oxygen atoms in total. The molecule has 0 radical (unpaired) electrons. The van der Waals surface area contributed by atoms with Crippen molar-refractivity contribution in [3.05, 3.63) is 68.5 Å². The molecule has 0 spiro atoms. The smallest absolute Gasteiger partial charge is 0.265 e. The minimum absolute atomic E-state index is 0.0914. The van der Waals surface area contributed by atoms with Crippen molar-refractivity contribution in [1.82, 2.24) is 9.99 Å². The first kappa shape index (κ1) is 13.5. The zero-order valence-corrected chi connectivity index (χ0v) is 11.6. The second-order valence-corrected chi connectivity index (χ2v) is 4.81. The number of carbonyl (C=O) groups is 1. The molecule has 98 valence electrons. The van der Waals surface area contributed by atoms with Gasteiger partial charge in [0, 0.05) is 11.8 Å². The molecule has 0 unspecified atom stereocenters. The van der Waals surface area contributed by atoms with E-state index in [1.54, 1.807) is 47.2 Å². The quantitative estimate of drug-likeness (QED) is 0.507. The molecule has 6 heteroatoms. The predicted molar refractivity (Wildman–Crippen MR) is 75.6 cm³/mol. The Kier molecular flexibility index (Phi) is 4.13. The third kappa shape index (κ3) is 3.10. The van der Waals surface area contributed by atoms with Gasteiger partial charge >= 0.3 is 0 Å². The summed E-state index contributed by atoms with van der Waals surface area (Å²) in [6, 6.07) is 10.4. The van der Waals surface area contributed by atoms with E-state index in [0.29, 0.717) is 16.6 Å². The van der Waals surface area contributed by atoms with Gasteiger partial charge in [-0.05, 0) is 45.8 Å². The van der Waals surface area contributed by atoms with E-state index in [2.05, 4.69) is 21.4 Å². The van der Waals surface area contributed by atoms with Gasteiger partial charge in [0.25, 0.3) is 11.5 Å². The summed E-state index contributed by atoms with van der Waals surface area (Å²) < 4.78 is 2.11. The van der Waals surface area contributed by atoms with Gasteiger partial charge in [-0.25, -0.2) is 5.84 Å². The monoisotopic (exact) mass is 321 g/mol. The van der Waals surface area contributed by atoms with Gasteiger partial charge in [-0.2, -0.15) is 0 Å². The molecule has 2 rings (SSSR count). The summed E-state index contributed by atoms with van der Waals surface area (Å²) in [5.74, 6) is 4.71. The number of carbonyl (C=O) groups excluding carboxylic acids is 1. The number of nitrogens with two attached hydrogens (primary N) is 1. The number of nitrogen functional groups attached to an aromatic ring is 1. The first-order valence-corrected chi connectivity index (χ1v) is 6.36. The summed E-state index contributed by atoms with van der Waals surface area (Å²) in [6.45, 7) is 0.447. The Hall–Kier alpha value is -1.92. The van der Waals surface area contributed by atoms with Crippen molar-refractivity contribution in [2.24, 2.45) is 5.84 Å². The fourth-order valence-electron chi connectivity index (χ4n) is 1.67. The summed E-state index contributed by atoms with van der Waals surface area (Å²) in [4.78, 5) is 23.1. The van der Waals surface area contributed by atoms with E-state index in [1.807, 2.05) is 0 Å². The van der Waals surface area contributed by atoms with Crippen LogP contribution in [0.1, 0.15) is 15.9 Å². The summed E-state index contributed by atoms with van der Waals surface area (Å²) in [5, 5.41) is 0. The van der Waals surface area contributed by atoms with Crippen LogP contribution in [0.2, 0.25) is 0 Å². The highest BCUT2D eigenvalue weighted by Gasteiger charge is 2.04. The summed E-state index contributed by atoms with van der Waals surface area (Å²) in [7, 11) is 0. The minimum atomic E-state index is -0.342. The van der Waals surface area contributed by atoms with Gasteiger partial charge < -0.3 is 4.57 Å². The first-order valence-electron chi connectivity index (χ1n) is 5.56. The number of nitrogens with zero attached hydrogens (tertiary/aromatic N) is 1. The van der Waals surface area contributed by atoms with Gasteiger partial charge in [-0.15, -0.1) is 0 Å². The molecule has 0 aliphatic carbocycles. The number of pyridine rings is 1. The van der Waals surface area contributed by atoms with Crippen LogP contribution >= 0.6 is 15.9 Å². The maximum absolute atomic E-state index is 11.8. The molecular formula is C13H12BrN3O2. The molecule has 3 N–H and O–H groups in total. The minimum Gasteiger partial charge on any atom is -0.310 e. The molecule has 0 aliphatic rings. The van der Waals surface area contributed by atoms with Crippen molar-refractivity contribution < 1.29 is 4.79 Å². The lowest BCUT2D eigenvalue weighted by Crippen LogP contribution is -2.29. The molecule has 1 aromatic heterocycles. The van der Waals surface area contributed by atoms with Crippen molar-refractivity contribution >= 4 is 21.8 Å². The van der Waals surface area contributed by atoms with Crippen molar-refractivity contribution in [1.29, 1.82) is 0 Å². The van der Waals surface area contributed by atoms with Crippen LogP contribution in [0, 0.1) is 0 Å². The van der Waals surface area contributed by atoms with E-state index in [4.69, 9.17) is 5.84 Å². The standard InChI is InChI=1S/C13H12BrN3O2/c14-11-2-1-7-17(13(11)19)8-9-3-5-10(6-4-9)12(18)16-15/h1-7H,8,15H2,(H,16,18). The Morgan fingerprint density at radius 3 is 2.58 bits per heavy atom. The number of amides is 1. The summed E-state index contributed by atoms with van der Waals surface area (Å²) >= 11 is 3.20. The molecule has 0 atom stereocenters. The Balaban J connectivity index is 2.22. The molecule has 0 saturated carbocycles. The maximum Gasteiger partial charge on any atom is 0.265 e. The van der Waals surface area contributed by atoms with E-state index >= 15 is 0 Å². The van der Waals surface area contributed by atoms with Crippen LogP contribution in [0.3, 0.4) is 0 Å². The van der Waals surface area contributed by atoms with Crippen LogP contribution in [0.5, 0.6) is 0 Å². The number of hydrazine groups is 1. The second kappa shape index (κ2) is 5.81. The number of hydrogen-bond donors (Lipinski definition) is 2. The highest BCUT2D eigenvalue weighted by molar-refractivity contribution is 9.10. The molecule has 1 amide bonds. The zero-order valence-electron chi connectivity index (χ0n) is 9.97. The topological polar surface area (TPSA) is 77.1 Å². The average Bonchev–Trinajstić information content (AvgIpc) is 2.44. The highest BCUT2D eigenvalue weighted by atomic mass is 79.9. The van der Waals surface area contributed by atoms with E-state index < -0.39 is 0 Å². The lowest BCUT2D eigenvalue weighted by atomic mass is 10.1. The van der Waals surface area contributed by atoms with Gasteiger partial charge in [0.2, 0.25) is 0 Å². The Morgan fingerprint density at radius 2 is 1.95 bits per heavy atom. The predicted octanol–water partition coefficient (Wildman–Crippen LogP) is 1.26. The lowest BCUT2D eigenvalue weighted by Gasteiger charge is -2.07. The zero-order chi connectivity index (χ0) is 13.8. The van der Waals surface area contributed by atoms with Crippen molar-refractivity contribution in [2.75, 3.05) is 0 Å². The Morgan fingerprint density at radius 1 is 1.26 bits per heavy atom. The van der Waals surface area contributed by atoms with Crippen molar-refractivity contribution in [2.45, 2.75) is 6.54 Å². The van der Waals surface area contributed by atoms with Crippen molar-refractivity contribution in [3.8, 4) is 0 Å². The highest BCUT2D eigenvalue weighted by Crippen LogP contribution is 2.07. The number of nitrogens with one attached hydrogen (secondary N) is 1. The van der Waals surface area contributed by atoms with E-state index in [9.17, 15) is 9.59 Å². The summed E-state index contributed by atoms with van der Waals surface area (Å²) in [5.41, 5.74) is 3.38. The molecule has 19 heavy (non-hydrogen) atoms. The Bertz CT molecular complexity index is 650. The second-order valence-electron chi connectivity index (χ2n) is 3.96. The summed E-state index contributed by atoms with van der Waals surface area (Å²) in [6.07, 6.45) is 1.72. The van der Waals surface area contributed by atoms with Gasteiger partial charge in [0.1, 0.15) is 0 Å². The van der Waals surface area contributed by atoms with Gasteiger partial charge in [0.15, 0.2) is 0 Å². The van der Waals surface area contributed by atoms with E-state index in [-0.39, 0.29) is 11.5 Å². The molecular weight excluding hydrogens is 310 g/mol. The van der Waals surface area contributed by atoms with Crippen LogP contribution in [-0.2, 0) is 6.54 Å². The molecule has 1 heterocycles. The fraction of sp³-hybridized carbons (Fsp3) is 0.0769. The van der Waals surface area contributed by atoms with Crippen molar-refractivity contribution in [3.63, 3.8) is 0 Å². The Labute approximate surface area is 118 Å². The number of benzene rings is 1. The molecule has 0 saturated heterocycles. The fourth-order valence-corrected chi connectivity index (χ4v) is 2.05. The molecule has 0 aliphatic heterocycles. The third-order valence-corrected chi connectivity index (χ3v) is 3.28. The van der Waals surface area contributed by atoms with E-state index in [1.165, 1.54) is 0 Å². The molecule has 0 fully saturated rings. The number of halogens is 1. The SMILES string of the molecule is NNC(=O)c1ccc(Cn2cccc(Br)c2=O)cc1. The van der Waals surface area contributed by atoms with Crippen LogP contribution in [0.4, 0.5) is 0 Å². The van der Waals surface area contributed by atoms with Crippen LogP contribution in [0.25, 0.3) is 0 Å². The largest absolute Gasteiger partial charge is 0.310 e. The lowest BCUT2D eigenvalue weighted by molar-refractivity contribution is 0.0953. The average molecular weight is 322 g/mol.